The van der Waals surface area contributed by atoms with Gasteiger partial charge in [-0.1, -0.05) is 6.92 Å². The van der Waals surface area contributed by atoms with Gasteiger partial charge >= 0.3 is 0 Å². The fourth-order valence-corrected chi connectivity index (χ4v) is 3.26. The van der Waals surface area contributed by atoms with Crippen LogP contribution in [0.2, 0.25) is 0 Å². The zero-order valence-electron chi connectivity index (χ0n) is 10.2. The zero-order valence-corrected chi connectivity index (χ0v) is 11.0. The number of nitrogens with two attached hydrogens (primary N) is 1. The van der Waals surface area contributed by atoms with E-state index >= 15 is 0 Å². The molecule has 0 bridgehead atoms. The number of aromatic nitrogens is 1. The number of nitrogen functional groups attached to an aromatic ring is 1. The number of sulfonamides is 1. The van der Waals surface area contributed by atoms with Crippen molar-refractivity contribution in [3.05, 3.63) is 18.3 Å². The van der Waals surface area contributed by atoms with Crippen molar-refractivity contribution >= 4 is 15.8 Å². The predicted molar refractivity (Wildman–Crippen MR) is 66.7 cm³/mol. The number of hydrogen-bond donors (Lipinski definition) is 2. The first-order chi connectivity index (χ1) is 7.93. The van der Waals surface area contributed by atoms with E-state index < -0.39 is 10.0 Å². The summed E-state index contributed by atoms with van der Waals surface area (Å²) in [6, 6.07) is 2.79. The van der Waals surface area contributed by atoms with Gasteiger partial charge in [0.05, 0.1) is 4.90 Å². The van der Waals surface area contributed by atoms with E-state index in [0.717, 1.165) is 0 Å². The quantitative estimate of drug-likeness (QED) is 0.602. The van der Waals surface area contributed by atoms with E-state index in [1.807, 2.05) is 13.8 Å². The van der Waals surface area contributed by atoms with Gasteiger partial charge in [-0.25, -0.2) is 19.2 Å². The summed E-state index contributed by atoms with van der Waals surface area (Å²) in [5.41, 5.74) is 2.33. The van der Waals surface area contributed by atoms with Gasteiger partial charge in [0.15, 0.2) is 0 Å². The number of anilines is 1. The van der Waals surface area contributed by atoms with E-state index in [-0.39, 0.29) is 10.9 Å². The second-order valence-electron chi connectivity index (χ2n) is 3.82. The molecule has 1 heterocycles. The third-order valence-corrected chi connectivity index (χ3v) is 4.52. The van der Waals surface area contributed by atoms with Gasteiger partial charge in [-0.3, -0.25) is 0 Å². The minimum atomic E-state index is -3.49. The summed E-state index contributed by atoms with van der Waals surface area (Å²) in [4.78, 5) is 4.07. The molecule has 6 nitrogen and oxygen atoms in total. The van der Waals surface area contributed by atoms with E-state index in [1.165, 1.54) is 22.6 Å². The van der Waals surface area contributed by atoms with Crippen LogP contribution in [0.15, 0.2) is 23.2 Å². The van der Waals surface area contributed by atoms with Crippen LogP contribution in [0.4, 0.5) is 5.82 Å². The molecule has 0 radical (unpaired) electrons. The molecule has 17 heavy (non-hydrogen) atoms. The van der Waals surface area contributed by atoms with Gasteiger partial charge in [0.1, 0.15) is 5.82 Å². The van der Waals surface area contributed by atoms with Crippen LogP contribution in [-0.2, 0) is 10.0 Å². The molecule has 0 aliphatic heterocycles. The normalized spacial score (nSPS) is 12.1. The molecule has 0 atom stereocenters. The predicted octanol–water partition coefficient (Wildman–Crippen LogP) is 0.786. The van der Waals surface area contributed by atoms with Gasteiger partial charge in [0.2, 0.25) is 10.0 Å². The standard InChI is InChI=1S/C10H18N4O2S/c1-4-14(8(2)3)17(15,16)9-5-6-12-10(7-9)13-11/h5-8H,4,11H2,1-3H3,(H,12,13). The lowest BCUT2D eigenvalue weighted by Crippen LogP contribution is -2.36. The highest BCUT2D eigenvalue weighted by molar-refractivity contribution is 7.89. The lowest BCUT2D eigenvalue weighted by molar-refractivity contribution is 0.369. The molecule has 1 rings (SSSR count). The van der Waals surface area contributed by atoms with Crippen molar-refractivity contribution in [2.45, 2.75) is 31.7 Å². The van der Waals surface area contributed by atoms with E-state index in [0.29, 0.717) is 12.4 Å². The van der Waals surface area contributed by atoms with Crippen LogP contribution in [0.25, 0.3) is 0 Å². The number of nitrogens with zero attached hydrogens (tertiary/aromatic N) is 2. The third-order valence-electron chi connectivity index (χ3n) is 2.37. The summed E-state index contributed by atoms with van der Waals surface area (Å²) in [6.45, 7) is 5.91. The van der Waals surface area contributed by atoms with Crippen LogP contribution in [0.3, 0.4) is 0 Å². The van der Waals surface area contributed by atoms with Gasteiger partial charge in [-0.05, 0) is 19.9 Å². The molecule has 0 fully saturated rings. The smallest absolute Gasteiger partial charge is 0.243 e. The lowest BCUT2D eigenvalue weighted by atomic mass is 10.4. The summed E-state index contributed by atoms with van der Waals surface area (Å²) >= 11 is 0. The minimum Gasteiger partial charge on any atom is -0.308 e. The first-order valence-corrected chi connectivity index (χ1v) is 6.82. The Morgan fingerprint density at radius 1 is 1.53 bits per heavy atom. The highest BCUT2D eigenvalue weighted by Gasteiger charge is 2.25. The Balaban J connectivity index is 3.20. The Kier molecular flexibility index (Phi) is 4.44. The molecule has 0 saturated carbocycles. The molecule has 1 aromatic rings. The average molecular weight is 258 g/mol. The van der Waals surface area contributed by atoms with Crippen LogP contribution in [0, 0.1) is 0 Å². The summed E-state index contributed by atoms with van der Waals surface area (Å²) in [6.07, 6.45) is 1.41. The first-order valence-electron chi connectivity index (χ1n) is 5.38. The summed E-state index contributed by atoms with van der Waals surface area (Å²) in [7, 11) is -3.49. The van der Waals surface area contributed by atoms with Gasteiger partial charge in [-0.2, -0.15) is 4.31 Å². The molecule has 96 valence electrons. The Morgan fingerprint density at radius 3 is 2.65 bits per heavy atom. The third kappa shape index (κ3) is 2.93. The van der Waals surface area contributed by atoms with Crippen LogP contribution in [-0.4, -0.2) is 30.3 Å². The van der Waals surface area contributed by atoms with Crippen molar-refractivity contribution in [3.63, 3.8) is 0 Å². The fourth-order valence-electron chi connectivity index (χ4n) is 1.60. The Morgan fingerprint density at radius 2 is 2.18 bits per heavy atom. The topological polar surface area (TPSA) is 88.3 Å². The number of nitrogens with one attached hydrogen (secondary N) is 1. The molecular formula is C10H18N4O2S. The van der Waals surface area contributed by atoms with Crippen LogP contribution in [0.5, 0.6) is 0 Å². The molecule has 0 saturated heterocycles. The summed E-state index contributed by atoms with van der Waals surface area (Å²) in [5.74, 6) is 5.53. The molecule has 0 aliphatic rings. The summed E-state index contributed by atoms with van der Waals surface area (Å²) < 4.78 is 26.0. The highest BCUT2D eigenvalue weighted by Crippen LogP contribution is 2.19. The average Bonchev–Trinajstić information content (AvgIpc) is 2.29. The Labute approximate surface area is 102 Å². The molecular weight excluding hydrogens is 240 g/mol. The van der Waals surface area contributed by atoms with Crippen molar-refractivity contribution in [1.29, 1.82) is 0 Å². The number of pyridine rings is 1. The monoisotopic (exact) mass is 258 g/mol. The van der Waals surface area contributed by atoms with Crippen molar-refractivity contribution < 1.29 is 8.42 Å². The van der Waals surface area contributed by atoms with E-state index in [2.05, 4.69) is 10.4 Å². The molecule has 1 aromatic heterocycles. The molecule has 3 N–H and O–H groups in total. The zero-order chi connectivity index (χ0) is 13.1. The van der Waals surface area contributed by atoms with Crippen molar-refractivity contribution in [3.8, 4) is 0 Å². The Hall–Kier alpha value is -1.18. The van der Waals surface area contributed by atoms with E-state index in [9.17, 15) is 8.42 Å². The SMILES string of the molecule is CCN(C(C)C)S(=O)(=O)c1ccnc(NN)c1. The van der Waals surface area contributed by atoms with Crippen molar-refractivity contribution in [2.24, 2.45) is 5.84 Å². The van der Waals surface area contributed by atoms with Gasteiger partial charge in [0, 0.05) is 24.8 Å². The number of rotatable bonds is 5. The maximum atomic E-state index is 12.3. The second-order valence-corrected chi connectivity index (χ2v) is 5.71. The largest absolute Gasteiger partial charge is 0.308 e. The maximum absolute atomic E-state index is 12.3. The van der Waals surface area contributed by atoms with Gasteiger partial charge in [0.25, 0.3) is 0 Å². The Bertz CT molecular complexity index is 473. The minimum absolute atomic E-state index is 0.0903. The van der Waals surface area contributed by atoms with Crippen molar-refractivity contribution in [1.82, 2.24) is 9.29 Å². The molecule has 0 unspecified atom stereocenters. The molecule has 0 spiro atoms. The number of hydrogen-bond acceptors (Lipinski definition) is 5. The highest BCUT2D eigenvalue weighted by atomic mass is 32.2. The van der Waals surface area contributed by atoms with Crippen molar-refractivity contribution in [2.75, 3.05) is 12.0 Å². The fraction of sp³-hybridized carbons (Fsp3) is 0.500. The molecule has 0 aliphatic carbocycles. The summed E-state index contributed by atoms with van der Waals surface area (Å²) in [5, 5.41) is 0. The molecule has 7 heteroatoms. The molecule has 0 aromatic carbocycles. The first kappa shape index (κ1) is 13.9. The van der Waals surface area contributed by atoms with E-state index in [1.54, 1.807) is 6.92 Å². The van der Waals surface area contributed by atoms with Crippen LogP contribution in [0.1, 0.15) is 20.8 Å². The van der Waals surface area contributed by atoms with E-state index in [4.69, 9.17) is 5.84 Å². The maximum Gasteiger partial charge on any atom is 0.243 e. The van der Waals surface area contributed by atoms with Crippen LogP contribution >= 0.6 is 0 Å². The number of hydrazine groups is 1. The van der Waals surface area contributed by atoms with Gasteiger partial charge < -0.3 is 5.43 Å². The lowest BCUT2D eigenvalue weighted by Gasteiger charge is -2.24. The van der Waals surface area contributed by atoms with Crippen LogP contribution < -0.4 is 11.3 Å². The second kappa shape index (κ2) is 5.44. The molecule has 0 amide bonds. The van der Waals surface area contributed by atoms with Gasteiger partial charge in [-0.15, -0.1) is 0 Å².